The maximum Gasteiger partial charge on any atom is 0.200 e. The molecule has 1 aliphatic heterocycles. The quantitative estimate of drug-likeness (QED) is 0.0688. The number of hydrogen-bond donors (Lipinski definition) is 0. The van der Waals surface area contributed by atoms with Gasteiger partial charge in [-0.1, -0.05) is 36.7 Å². The largest absolute Gasteiger partial charge is 0.236 e. The van der Waals surface area contributed by atoms with Gasteiger partial charge in [0.25, 0.3) is 0 Å². The Balaban J connectivity index is 2.27. The molecule has 3 aromatic rings. The second kappa shape index (κ2) is 12.2. The van der Waals surface area contributed by atoms with E-state index >= 15 is 17.6 Å². The van der Waals surface area contributed by atoms with E-state index in [-0.39, 0.29) is 11.3 Å². The minimum Gasteiger partial charge on any atom is -0.236 e. The van der Waals surface area contributed by atoms with Gasteiger partial charge >= 0.3 is 0 Å². The average molecular weight is 599 g/mol. The predicted molar refractivity (Wildman–Crippen MR) is 141 cm³/mol. The normalized spacial score (nSPS) is 14.1. The van der Waals surface area contributed by atoms with Crippen molar-refractivity contribution in [3.05, 3.63) is 118 Å². The van der Waals surface area contributed by atoms with Gasteiger partial charge in [-0.3, -0.25) is 0 Å². The minimum atomic E-state index is -4.17. The third-order valence-electron chi connectivity index (χ3n) is 7.59. The van der Waals surface area contributed by atoms with Gasteiger partial charge in [-0.2, -0.15) is 0 Å². The molecule has 0 amide bonds. The van der Waals surface area contributed by atoms with Crippen LogP contribution in [0.15, 0.2) is 54.5 Å². The van der Waals surface area contributed by atoms with E-state index in [9.17, 15) is 26.3 Å². The van der Waals surface area contributed by atoms with Gasteiger partial charge in [0.2, 0.25) is 0 Å². The van der Waals surface area contributed by atoms with Crippen LogP contribution >= 0.6 is 0 Å². The summed E-state index contributed by atoms with van der Waals surface area (Å²) in [5.41, 5.74) is -2.86. The Bertz CT molecular complexity index is 1480. The Morgan fingerprint density at radius 1 is 0.667 bits per heavy atom. The molecule has 0 radical (unpaired) electrons. The molecule has 1 aliphatic rings. The van der Waals surface area contributed by atoms with Crippen molar-refractivity contribution in [2.75, 3.05) is 13.1 Å². The summed E-state index contributed by atoms with van der Waals surface area (Å²) in [5.74, 6) is -24.0. The molecule has 42 heavy (non-hydrogen) atoms. The molecule has 222 valence electrons. The topological polar surface area (TPSA) is 3.01 Å². The van der Waals surface area contributed by atoms with Gasteiger partial charge < -0.3 is 0 Å². The van der Waals surface area contributed by atoms with E-state index in [1.165, 1.54) is 6.92 Å². The zero-order chi connectivity index (χ0) is 30.9. The molecule has 1 saturated heterocycles. The zero-order valence-electron chi connectivity index (χ0n) is 22.3. The maximum atomic E-state index is 15.7. The average Bonchev–Trinajstić information content (AvgIpc) is 2.99. The maximum absolute atomic E-state index is 15.7. The summed E-state index contributed by atoms with van der Waals surface area (Å²) in [5, 5.41) is 0. The van der Waals surface area contributed by atoms with E-state index in [1.807, 2.05) is 0 Å². The molecule has 4 rings (SSSR count). The summed E-state index contributed by atoms with van der Waals surface area (Å²) in [4.78, 5) is 0. The Labute approximate surface area is 235 Å². The smallest absolute Gasteiger partial charge is 0.200 e. The summed E-state index contributed by atoms with van der Waals surface area (Å²) >= 11 is 0. The standard InChI is InChI=1S/C30H24BF10N/c1-16(2)11-12-31(19-21(32)25(36)29(40)26(37)22(19)33,20-23(34)27(38)30(41)28(39)24(20)35)15-18(17-9-5-3-6-10-17)42-13-7-4-8-14-42/h3,5-6,9-12H,1,4,7-8,13-15H2,2H3/b12-11+. The first kappa shape index (κ1) is 31.1. The highest BCUT2D eigenvalue weighted by Crippen LogP contribution is 2.29. The van der Waals surface area contributed by atoms with E-state index in [4.69, 9.17) is 0 Å². The predicted octanol–water partition coefficient (Wildman–Crippen LogP) is 7.00. The molecule has 0 unspecified atom stereocenters. The monoisotopic (exact) mass is 599 g/mol. The van der Waals surface area contributed by atoms with Gasteiger partial charge in [0.15, 0.2) is 34.9 Å². The van der Waals surface area contributed by atoms with Crippen molar-refractivity contribution in [3.63, 3.8) is 0 Å². The molecule has 0 atom stereocenters. The second-order valence-electron chi connectivity index (χ2n) is 10.4. The first-order valence-electron chi connectivity index (χ1n) is 13.1. The molecule has 0 spiro atoms. The van der Waals surface area contributed by atoms with Crippen LogP contribution in [-0.4, -0.2) is 29.5 Å². The van der Waals surface area contributed by atoms with Crippen molar-refractivity contribution in [3.8, 4) is 0 Å². The van der Waals surface area contributed by atoms with Crippen molar-refractivity contribution < 1.29 is 48.5 Å². The van der Waals surface area contributed by atoms with Crippen LogP contribution in [0, 0.1) is 58.2 Å². The highest BCUT2D eigenvalue weighted by Gasteiger charge is 2.43. The van der Waals surface area contributed by atoms with Crippen LogP contribution in [0.1, 0.15) is 31.7 Å². The van der Waals surface area contributed by atoms with Crippen LogP contribution in [0.3, 0.4) is 0 Å². The van der Waals surface area contributed by atoms with E-state index < -0.39 is 81.6 Å². The number of benzene rings is 3. The van der Waals surface area contributed by atoms with Gasteiger partial charge in [0.1, 0.15) is 48.2 Å². The first-order valence-corrected chi connectivity index (χ1v) is 13.1. The van der Waals surface area contributed by atoms with Gasteiger partial charge in [0.05, 0.1) is 0 Å². The van der Waals surface area contributed by atoms with Crippen LogP contribution in [0.4, 0.5) is 43.9 Å². The van der Waals surface area contributed by atoms with Crippen LogP contribution in [0.2, 0.25) is 6.32 Å². The summed E-state index contributed by atoms with van der Waals surface area (Å²) in [6.45, 7) is 5.61. The van der Waals surface area contributed by atoms with E-state index in [0.29, 0.717) is 31.5 Å². The van der Waals surface area contributed by atoms with Gasteiger partial charge in [0, 0.05) is 18.4 Å². The lowest BCUT2D eigenvalue weighted by Gasteiger charge is -2.40. The van der Waals surface area contributed by atoms with E-state index in [0.717, 1.165) is 18.5 Å². The third-order valence-corrected chi connectivity index (χ3v) is 7.59. The van der Waals surface area contributed by atoms with Crippen molar-refractivity contribution in [2.45, 2.75) is 32.5 Å². The highest BCUT2D eigenvalue weighted by atomic mass is 19.2. The fourth-order valence-corrected chi connectivity index (χ4v) is 5.61. The fraction of sp³-hybridized carbons (Fsp3) is 0.233. The number of hydrogen-bond acceptors (Lipinski definition) is 0. The molecule has 0 saturated carbocycles. The van der Waals surface area contributed by atoms with Gasteiger partial charge in [-0.25, -0.2) is 54.5 Å². The number of piperidine rings is 1. The molecular weight excluding hydrogens is 575 g/mol. The molecular formula is C30H24BF10N. The lowest BCUT2D eigenvalue weighted by molar-refractivity contribution is -0.537. The van der Waals surface area contributed by atoms with Gasteiger partial charge in [-0.15, -0.1) is 17.0 Å². The first-order chi connectivity index (χ1) is 19.8. The highest BCUT2D eigenvalue weighted by molar-refractivity contribution is 7.07. The zero-order valence-corrected chi connectivity index (χ0v) is 22.3. The molecule has 3 aromatic carbocycles. The minimum absolute atomic E-state index is 0.0910. The van der Waals surface area contributed by atoms with Crippen molar-refractivity contribution in [1.82, 2.24) is 0 Å². The molecule has 12 heteroatoms. The van der Waals surface area contributed by atoms with Crippen LogP contribution in [0.5, 0.6) is 0 Å². The van der Waals surface area contributed by atoms with E-state index in [2.05, 4.69) is 6.58 Å². The Hall–Kier alpha value is -3.83. The number of nitrogens with zero attached hydrogens (tertiary/aromatic N) is 1. The lowest BCUT2D eigenvalue weighted by atomic mass is 9.16. The van der Waals surface area contributed by atoms with Crippen LogP contribution < -0.4 is 10.9 Å². The van der Waals surface area contributed by atoms with Gasteiger partial charge in [-0.05, 0) is 25.5 Å². The molecule has 0 N–H and O–H groups in total. The molecule has 0 aliphatic carbocycles. The number of halogens is 10. The summed E-state index contributed by atoms with van der Waals surface area (Å²) in [7, 11) is 0. The molecule has 0 aromatic heterocycles. The Kier molecular flexibility index (Phi) is 9.03. The third kappa shape index (κ3) is 5.38. The molecule has 0 bridgehead atoms. The van der Waals surface area contributed by atoms with Crippen LogP contribution in [0.25, 0.3) is 0 Å². The SMILES string of the molecule is C=C(C)/C=C/[B-](CC(c1ccccc1)=[N+]1CCCCC1)(c1c(F)c(F)c(F)c(F)c1F)c1c(F)c(F)c(F)c(F)c1F. The van der Waals surface area contributed by atoms with Crippen LogP contribution in [-0.2, 0) is 0 Å². The second-order valence-corrected chi connectivity index (χ2v) is 10.4. The number of rotatable bonds is 7. The summed E-state index contributed by atoms with van der Waals surface area (Å²) < 4.78 is 151. The summed E-state index contributed by atoms with van der Waals surface area (Å²) in [6, 6.07) is 7.88. The van der Waals surface area contributed by atoms with E-state index in [1.54, 1.807) is 34.9 Å². The molecule has 1 fully saturated rings. The molecule has 1 nitrogen and oxygen atoms in total. The van der Waals surface area contributed by atoms with Crippen molar-refractivity contribution in [1.29, 1.82) is 0 Å². The molecule has 1 heterocycles. The van der Waals surface area contributed by atoms with Crippen molar-refractivity contribution in [2.24, 2.45) is 0 Å². The summed E-state index contributed by atoms with van der Waals surface area (Å²) in [6.07, 6.45) is -2.02. The Morgan fingerprint density at radius 2 is 1.07 bits per heavy atom. The lowest BCUT2D eigenvalue weighted by Crippen LogP contribution is -2.64. The Morgan fingerprint density at radius 3 is 1.48 bits per heavy atom. The number of allylic oxidation sites excluding steroid dienone is 2. The fourth-order valence-electron chi connectivity index (χ4n) is 5.61. The van der Waals surface area contributed by atoms with Crippen molar-refractivity contribution >= 4 is 22.8 Å².